The molecule has 0 N–H and O–H groups in total. The molecule has 45 heavy (non-hydrogen) atoms. The molecule has 0 spiro atoms. The van der Waals surface area contributed by atoms with Gasteiger partial charge in [0, 0.05) is 44.4 Å². The molecule has 0 aliphatic rings. The molecule has 2 nitrogen and oxygen atoms in total. The molecule has 8 rings (SSSR count). The summed E-state index contributed by atoms with van der Waals surface area (Å²) in [6.45, 7) is 11.3. The Bertz CT molecular complexity index is 2440. The number of fused-ring (bicyclic) bond motifs is 6. The number of rotatable bonds is 3. The molecule has 0 unspecified atom stereocenters. The lowest BCUT2D eigenvalue weighted by Gasteiger charge is -2.20. The molecule has 0 fully saturated rings. The van der Waals surface area contributed by atoms with Crippen LogP contribution in [0.1, 0.15) is 37.5 Å². The highest BCUT2D eigenvalue weighted by Gasteiger charge is 2.28. The molecule has 0 bridgehead atoms. The van der Waals surface area contributed by atoms with E-state index in [0.717, 1.165) is 11.4 Å². The Morgan fingerprint density at radius 1 is 0.489 bits per heavy atom. The molecule has 218 valence electrons. The normalized spacial score (nSPS) is 12.1. The molecule has 0 aliphatic carbocycles. The van der Waals surface area contributed by atoms with Crippen LogP contribution in [0.25, 0.3) is 64.2 Å². The minimum atomic E-state index is 0.125. The first kappa shape index (κ1) is 27.7. The number of benzene rings is 5. The summed E-state index contributed by atoms with van der Waals surface area (Å²) >= 11 is 1.87. The van der Waals surface area contributed by atoms with E-state index in [1.807, 2.05) is 11.3 Å². The third-order valence-electron chi connectivity index (χ3n) is 9.23. The fourth-order valence-corrected chi connectivity index (χ4v) is 7.97. The number of nitrogens with zero attached hydrogens (tertiary/aromatic N) is 2. The van der Waals surface area contributed by atoms with Gasteiger partial charge in [0.25, 0.3) is 11.4 Å². The lowest BCUT2D eigenvalue weighted by atomic mass is 9.85. The van der Waals surface area contributed by atoms with Crippen LogP contribution in [-0.2, 0) is 5.41 Å². The van der Waals surface area contributed by atoms with Crippen molar-refractivity contribution in [2.75, 3.05) is 0 Å². The second-order valence-electron chi connectivity index (χ2n) is 13.3. The lowest BCUT2D eigenvalue weighted by Crippen LogP contribution is -2.68. The zero-order valence-corrected chi connectivity index (χ0v) is 27.2. The van der Waals surface area contributed by atoms with Gasteiger partial charge in [-0.15, -0.1) is 11.3 Å². The third-order valence-corrected chi connectivity index (χ3v) is 10.4. The van der Waals surface area contributed by atoms with Crippen molar-refractivity contribution in [1.82, 2.24) is 0 Å². The van der Waals surface area contributed by atoms with Gasteiger partial charge < -0.3 is 0 Å². The molecular weight excluding hydrogens is 565 g/mol. The summed E-state index contributed by atoms with van der Waals surface area (Å²) in [5.74, 6) is 0. The Labute approximate surface area is 268 Å². The van der Waals surface area contributed by atoms with Crippen LogP contribution in [-0.4, -0.2) is 0 Å². The average molecular weight is 601 g/mol. The predicted molar refractivity (Wildman–Crippen MR) is 191 cm³/mol. The SMILES string of the molecule is Cc1cc2c(ccc3cc(C(C)(C)C)ccc32)cc1-c1cccc[n+]1-[n+]1ccccc1-c1cc2c(cc1C)sc1ccccc12. The summed E-state index contributed by atoms with van der Waals surface area (Å²) in [5, 5.41) is 7.80. The number of aryl methyl sites for hydroxylation is 2. The largest absolute Gasteiger partial charge is 0.284 e. The van der Waals surface area contributed by atoms with Crippen molar-refractivity contribution in [3.8, 4) is 22.5 Å². The standard InChI is InChI=1S/C42H36N2S/c1-27-22-36-30(17-16-29-24-31(42(3,4)5)18-19-32(29)36)25-34(27)38-13-8-10-20-43(38)44-21-11-9-14-39(44)35-26-37-33-12-6-7-15-40(33)45-41(37)23-28(35)2/h6-26H,1-5H3/q+2. The van der Waals surface area contributed by atoms with E-state index in [2.05, 4.69) is 172 Å². The number of pyridine rings is 2. The minimum absolute atomic E-state index is 0.125. The number of hydrogen-bond donors (Lipinski definition) is 0. The van der Waals surface area contributed by atoms with E-state index >= 15 is 0 Å². The predicted octanol–water partition coefficient (Wildman–Crippen LogP) is 10.5. The van der Waals surface area contributed by atoms with E-state index < -0.39 is 0 Å². The summed E-state index contributed by atoms with van der Waals surface area (Å²) in [6, 6.07) is 42.7. The molecule has 3 aromatic heterocycles. The van der Waals surface area contributed by atoms with E-state index in [0.29, 0.717) is 0 Å². The molecule has 0 amide bonds. The van der Waals surface area contributed by atoms with E-state index in [9.17, 15) is 0 Å². The Hall–Kier alpha value is -4.86. The van der Waals surface area contributed by atoms with Gasteiger partial charge in [-0.3, -0.25) is 0 Å². The van der Waals surface area contributed by atoms with Crippen LogP contribution < -0.4 is 9.35 Å². The first-order chi connectivity index (χ1) is 21.8. The van der Waals surface area contributed by atoms with Crippen molar-refractivity contribution in [3.05, 3.63) is 144 Å². The van der Waals surface area contributed by atoms with E-state index in [1.54, 1.807) is 0 Å². The smallest absolute Gasteiger partial charge is 0.135 e. The van der Waals surface area contributed by atoms with Crippen molar-refractivity contribution in [3.63, 3.8) is 0 Å². The van der Waals surface area contributed by atoms with Gasteiger partial charge in [-0.25, -0.2) is 0 Å². The van der Waals surface area contributed by atoms with Gasteiger partial charge in [-0.1, -0.05) is 69.3 Å². The molecule has 0 saturated carbocycles. The van der Waals surface area contributed by atoms with Crippen LogP contribution in [0.2, 0.25) is 0 Å². The zero-order valence-electron chi connectivity index (χ0n) is 26.4. The minimum Gasteiger partial charge on any atom is -0.135 e. The van der Waals surface area contributed by atoms with Crippen LogP contribution in [0, 0.1) is 13.8 Å². The highest BCUT2D eigenvalue weighted by molar-refractivity contribution is 7.25. The van der Waals surface area contributed by atoms with Crippen LogP contribution in [0.15, 0.2) is 128 Å². The van der Waals surface area contributed by atoms with Crippen molar-refractivity contribution in [1.29, 1.82) is 0 Å². The van der Waals surface area contributed by atoms with Gasteiger partial charge in [-0.05, 0) is 100.0 Å². The first-order valence-electron chi connectivity index (χ1n) is 15.7. The van der Waals surface area contributed by atoms with Crippen molar-refractivity contribution < 1.29 is 9.35 Å². The Balaban J connectivity index is 1.30. The molecule has 3 heterocycles. The fourth-order valence-electron chi connectivity index (χ4n) is 6.78. The van der Waals surface area contributed by atoms with Crippen molar-refractivity contribution in [2.24, 2.45) is 0 Å². The average Bonchev–Trinajstić information content (AvgIpc) is 3.40. The Kier molecular flexibility index (Phi) is 6.37. The van der Waals surface area contributed by atoms with Crippen molar-refractivity contribution in [2.45, 2.75) is 40.0 Å². The monoisotopic (exact) mass is 600 g/mol. The number of hydrogen-bond acceptors (Lipinski definition) is 1. The van der Waals surface area contributed by atoms with Crippen LogP contribution in [0.3, 0.4) is 0 Å². The molecule has 0 saturated heterocycles. The van der Waals surface area contributed by atoms with E-state index in [-0.39, 0.29) is 5.41 Å². The third kappa shape index (κ3) is 4.62. The van der Waals surface area contributed by atoms with Gasteiger partial charge >= 0.3 is 0 Å². The number of thiophene rings is 1. The first-order valence-corrected chi connectivity index (χ1v) is 16.5. The topological polar surface area (TPSA) is 7.76 Å². The maximum absolute atomic E-state index is 2.38. The van der Waals surface area contributed by atoms with Gasteiger partial charge in [0.1, 0.15) is 0 Å². The van der Waals surface area contributed by atoms with E-state index in [4.69, 9.17) is 0 Å². The second-order valence-corrected chi connectivity index (χ2v) is 14.3. The Morgan fingerprint density at radius 2 is 1.11 bits per heavy atom. The quantitative estimate of drug-likeness (QED) is 0.141. The van der Waals surface area contributed by atoms with Crippen LogP contribution >= 0.6 is 11.3 Å². The molecule has 0 atom stereocenters. The summed E-state index contributed by atoms with van der Waals surface area (Å²) in [4.78, 5) is 0. The maximum Gasteiger partial charge on any atom is 0.284 e. The molecule has 3 heteroatoms. The van der Waals surface area contributed by atoms with Gasteiger partial charge in [0.05, 0.1) is 20.5 Å². The summed E-state index contributed by atoms with van der Waals surface area (Å²) in [6.07, 6.45) is 4.34. The molecule has 8 aromatic rings. The molecule has 0 aliphatic heterocycles. The highest BCUT2D eigenvalue weighted by atomic mass is 32.1. The summed E-state index contributed by atoms with van der Waals surface area (Å²) in [5.41, 5.74) is 8.80. The highest BCUT2D eigenvalue weighted by Crippen LogP contribution is 2.38. The molecule has 5 aromatic carbocycles. The molecular formula is C42H36N2S+2. The summed E-state index contributed by atoms with van der Waals surface area (Å²) in [7, 11) is 0. The second kappa shape index (κ2) is 10.4. The maximum atomic E-state index is 2.38. The van der Waals surface area contributed by atoms with Gasteiger partial charge in [-0.2, -0.15) is 0 Å². The summed E-state index contributed by atoms with van der Waals surface area (Å²) < 4.78 is 7.24. The zero-order chi connectivity index (χ0) is 30.9. The number of aromatic nitrogens is 2. The molecule has 0 radical (unpaired) electrons. The van der Waals surface area contributed by atoms with Crippen LogP contribution in [0.5, 0.6) is 0 Å². The van der Waals surface area contributed by atoms with Crippen molar-refractivity contribution >= 4 is 53.1 Å². The lowest BCUT2D eigenvalue weighted by molar-refractivity contribution is -1.29. The van der Waals surface area contributed by atoms with Crippen LogP contribution in [0.4, 0.5) is 0 Å². The Morgan fingerprint density at radius 3 is 1.82 bits per heavy atom. The fraction of sp³-hybridized carbons (Fsp3) is 0.143. The van der Waals surface area contributed by atoms with E-state index in [1.165, 1.54) is 69.5 Å². The van der Waals surface area contributed by atoms with Gasteiger partial charge in [0.2, 0.25) is 12.4 Å². The van der Waals surface area contributed by atoms with Gasteiger partial charge in [0.15, 0.2) is 0 Å².